The van der Waals surface area contributed by atoms with Gasteiger partial charge in [0.2, 0.25) is 0 Å². The van der Waals surface area contributed by atoms with Gasteiger partial charge in [-0.2, -0.15) is 0 Å². The van der Waals surface area contributed by atoms with Gasteiger partial charge in [-0.05, 0) is 108 Å². The van der Waals surface area contributed by atoms with Gasteiger partial charge in [-0.3, -0.25) is 4.79 Å². The summed E-state index contributed by atoms with van der Waals surface area (Å²) in [6.45, 7) is 8.57. The molecule has 0 amide bonds. The summed E-state index contributed by atoms with van der Waals surface area (Å²) in [7, 11) is 1.88. The van der Waals surface area contributed by atoms with Gasteiger partial charge in [0.15, 0.2) is 0 Å². The minimum atomic E-state index is -0.509. The molecule has 3 heteroatoms. The summed E-state index contributed by atoms with van der Waals surface area (Å²) < 4.78 is 6.03. The largest absolute Gasteiger partial charge is 0.390 e. The molecule has 0 unspecified atom stereocenters. The number of hydrogen-bond acceptors (Lipinski definition) is 3. The van der Waals surface area contributed by atoms with E-state index in [2.05, 4.69) is 13.8 Å². The Morgan fingerprint density at radius 2 is 1.78 bits per heavy atom. The van der Waals surface area contributed by atoms with E-state index in [1.165, 1.54) is 32.1 Å². The molecule has 0 heterocycles. The molecule has 0 aromatic heterocycles. The molecule has 0 bridgehead atoms. The second-order valence-electron chi connectivity index (χ2n) is 11.1. The van der Waals surface area contributed by atoms with E-state index in [-0.39, 0.29) is 22.9 Å². The molecule has 0 aromatic rings. The maximum atomic E-state index is 12.3. The minimum absolute atomic E-state index is 0.218. The van der Waals surface area contributed by atoms with Crippen molar-refractivity contribution in [2.24, 2.45) is 40.4 Å². The molecule has 4 aliphatic rings. The summed E-state index contributed by atoms with van der Waals surface area (Å²) in [5.74, 6) is 3.42. The fourth-order valence-electron chi connectivity index (χ4n) is 8.85. The first-order valence-corrected chi connectivity index (χ1v) is 11.4. The molecule has 0 saturated heterocycles. The highest BCUT2D eigenvalue weighted by molar-refractivity contribution is 5.79. The van der Waals surface area contributed by atoms with E-state index in [9.17, 15) is 9.90 Å². The summed E-state index contributed by atoms with van der Waals surface area (Å²) in [5, 5.41) is 10.8. The molecule has 27 heavy (non-hydrogen) atoms. The Morgan fingerprint density at radius 1 is 1.04 bits per heavy atom. The number of hydrogen-bond donors (Lipinski definition) is 1. The van der Waals surface area contributed by atoms with Crippen LogP contribution in [-0.2, 0) is 9.53 Å². The SMILES string of the molecule is CO[C@@H](C)[C@]12CC[C@@](C)(O)C[C@H]1CC[C@H]1[C@@H]3CC[C@H](C(C)=O)[C@@]3(C)CC[C@@H]12. The van der Waals surface area contributed by atoms with E-state index >= 15 is 0 Å². The molecule has 4 aliphatic carbocycles. The number of ether oxygens (including phenoxy) is 1. The first-order chi connectivity index (χ1) is 12.7. The smallest absolute Gasteiger partial charge is 0.133 e. The van der Waals surface area contributed by atoms with Gasteiger partial charge in [-0.25, -0.2) is 0 Å². The van der Waals surface area contributed by atoms with Gasteiger partial charge in [0.05, 0.1) is 11.7 Å². The average molecular weight is 377 g/mol. The van der Waals surface area contributed by atoms with Crippen molar-refractivity contribution in [1.82, 2.24) is 0 Å². The van der Waals surface area contributed by atoms with Crippen LogP contribution in [0.25, 0.3) is 0 Å². The fourth-order valence-corrected chi connectivity index (χ4v) is 8.85. The number of methoxy groups -OCH3 is 1. The van der Waals surface area contributed by atoms with Crippen LogP contribution in [0.4, 0.5) is 0 Å². The number of Topliss-reactive ketones (excluding diaryl/α,β-unsaturated/α-hetero) is 1. The summed E-state index contributed by atoms with van der Waals surface area (Å²) in [6.07, 6.45) is 10.5. The predicted molar refractivity (Wildman–Crippen MR) is 107 cm³/mol. The Morgan fingerprint density at radius 3 is 2.44 bits per heavy atom. The molecule has 0 aromatic carbocycles. The first kappa shape index (κ1) is 19.9. The fraction of sp³-hybridized carbons (Fsp3) is 0.958. The zero-order valence-corrected chi connectivity index (χ0v) is 18.1. The first-order valence-electron chi connectivity index (χ1n) is 11.4. The molecule has 9 atom stereocenters. The molecule has 154 valence electrons. The Bertz CT molecular complexity index is 598. The Hall–Kier alpha value is -0.410. The molecular weight excluding hydrogens is 336 g/mol. The third-order valence-electron chi connectivity index (χ3n) is 10.1. The molecule has 1 N–H and O–H groups in total. The molecule has 3 nitrogen and oxygen atoms in total. The lowest BCUT2D eigenvalue weighted by Crippen LogP contribution is -2.60. The van der Waals surface area contributed by atoms with E-state index in [4.69, 9.17) is 4.74 Å². The minimum Gasteiger partial charge on any atom is -0.390 e. The van der Waals surface area contributed by atoms with Crippen LogP contribution in [0.5, 0.6) is 0 Å². The van der Waals surface area contributed by atoms with Gasteiger partial charge in [0.25, 0.3) is 0 Å². The molecule has 4 saturated carbocycles. The number of aliphatic hydroxyl groups is 1. The van der Waals surface area contributed by atoms with Gasteiger partial charge < -0.3 is 9.84 Å². The van der Waals surface area contributed by atoms with Gasteiger partial charge in [-0.15, -0.1) is 0 Å². The number of rotatable bonds is 3. The lowest BCUT2D eigenvalue weighted by atomic mass is 9.42. The van der Waals surface area contributed by atoms with Crippen LogP contribution in [0, 0.1) is 40.4 Å². The predicted octanol–water partition coefficient (Wildman–Crippen LogP) is 5.00. The lowest BCUT2D eigenvalue weighted by molar-refractivity contribution is -0.198. The summed E-state index contributed by atoms with van der Waals surface area (Å²) >= 11 is 0. The van der Waals surface area contributed by atoms with Crippen molar-refractivity contribution in [3.8, 4) is 0 Å². The van der Waals surface area contributed by atoms with E-state index in [1.54, 1.807) is 0 Å². The zero-order chi connectivity index (χ0) is 19.6. The third kappa shape index (κ3) is 2.78. The number of carbonyl (C=O) groups is 1. The monoisotopic (exact) mass is 376 g/mol. The standard InChI is InChI=1S/C24H40O3/c1-15(25)19-8-9-20-18-7-6-17-14-22(3,26)12-13-24(17,16(2)27-5)21(18)10-11-23(19,20)4/h16-21,26H,6-14H2,1-5H3/t16-,17+,18-,19+,20-,21-,22+,23+,24+/m0/s1. The number of fused-ring (bicyclic) bond motifs is 5. The maximum absolute atomic E-state index is 12.3. The van der Waals surface area contributed by atoms with Crippen molar-refractivity contribution in [1.29, 1.82) is 0 Å². The van der Waals surface area contributed by atoms with Gasteiger partial charge >= 0.3 is 0 Å². The van der Waals surface area contributed by atoms with Crippen molar-refractivity contribution >= 4 is 5.78 Å². The second kappa shape index (κ2) is 6.55. The highest BCUT2D eigenvalue weighted by Gasteiger charge is 2.64. The zero-order valence-electron chi connectivity index (χ0n) is 18.1. The van der Waals surface area contributed by atoms with E-state index < -0.39 is 5.60 Å². The lowest BCUT2D eigenvalue weighted by Gasteiger charge is -2.64. The van der Waals surface area contributed by atoms with Crippen LogP contribution in [0.3, 0.4) is 0 Å². The van der Waals surface area contributed by atoms with Crippen LogP contribution < -0.4 is 0 Å². The normalized spacial score (nSPS) is 53.2. The molecule has 4 rings (SSSR count). The van der Waals surface area contributed by atoms with Crippen molar-refractivity contribution in [2.45, 2.75) is 97.2 Å². The Balaban J connectivity index is 1.69. The van der Waals surface area contributed by atoms with E-state index in [0.717, 1.165) is 31.6 Å². The summed E-state index contributed by atoms with van der Waals surface area (Å²) in [4.78, 5) is 12.3. The topological polar surface area (TPSA) is 46.5 Å². The third-order valence-corrected chi connectivity index (χ3v) is 10.1. The van der Waals surface area contributed by atoms with Crippen molar-refractivity contribution < 1.29 is 14.6 Å². The number of carbonyl (C=O) groups excluding carboxylic acids is 1. The molecule has 0 spiro atoms. The van der Waals surface area contributed by atoms with E-state index in [0.29, 0.717) is 23.5 Å². The van der Waals surface area contributed by atoms with Gasteiger partial charge in [0, 0.05) is 18.4 Å². The quantitative estimate of drug-likeness (QED) is 0.754. The average Bonchev–Trinajstić information content (AvgIpc) is 2.97. The van der Waals surface area contributed by atoms with Crippen LogP contribution >= 0.6 is 0 Å². The summed E-state index contributed by atoms with van der Waals surface area (Å²) in [5.41, 5.74) is -0.0717. The van der Waals surface area contributed by atoms with Gasteiger partial charge in [-0.1, -0.05) is 6.92 Å². The maximum Gasteiger partial charge on any atom is 0.133 e. The van der Waals surface area contributed by atoms with Crippen molar-refractivity contribution in [2.75, 3.05) is 7.11 Å². The van der Waals surface area contributed by atoms with Crippen LogP contribution in [0.1, 0.15) is 85.5 Å². The molecule has 0 aliphatic heterocycles. The highest BCUT2D eigenvalue weighted by atomic mass is 16.5. The highest BCUT2D eigenvalue weighted by Crippen LogP contribution is 2.69. The Kier molecular flexibility index (Phi) is 4.83. The van der Waals surface area contributed by atoms with Crippen LogP contribution in [-0.4, -0.2) is 29.7 Å². The number of ketones is 1. The van der Waals surface area contributed by atoms with Crippen molar-refractivity contribution in [3.05, 3.63) is 0 Å². The van der Waals surface area contributed by atoms with Crippen LogP contribution in [0.15, 0.2) is 0 Å². The summed E-state index contributed by atoms with van der Waals surface area (Å²) in [6, 6.07) is 0. The second-order valence-corrected chi connectivity index (χ2v) is 11.1. The molecular formula is C24H40O3. The van der Waals surface area contributed by atoms with Crippen molar-refractivity contribution in [3.63, 3.8) is 0 Å². The molecule has 4 fully saturated rings. The van der Waals surface area contributed by atoms with Gasteiger partial charge in [0.1, 0.15) is 5.78 Å². The van der Waals surface area contributed by atoms with E-state index in [1.807, 2.05) is 21.0 Å². The van der Waals surface area contributed by atoms with Crippen LogP contribution in [0.2, 0.25) is 0 Å². The Labute approximate surface area is 165 Å². The molecule has 0 radical (unpaired) electrons.